The maximum Gasteiger partial charge on any atom is 0.338 e. The van der Waals surface area contributed by atoms with Crippen LogP contribution in [0.15, 0.2) is 152 Å². The monoisotopic (exact) mass is 760 g/mol. The molecule has 1 N–H and O–H groups in total. The third-order valence-electron chi connectivity index (χ3n) is 9.47. The van der Waals surface area contributed by atoms with Crippen LogP contribution in [0.3, 0.4) is 0 Å². The molecule has 2 heterocycles. The van der Waals surface area contributed by atoms with E-state index in [1.165, 1.54) is 0 Å². The zero-order valence-corrected chi connectivity index (χ0v) is 30.6. The largest absolute Gasteiger partial charge is 0.459 e. The van der Waals surface area contributed by atoms with E-state index in [9.17, 15) is 14.7 Å². The van der Waals surface area contributed by atoms with E-state index in [-0.39, 0.29) is 33.0 Å². The number of hydrogen-bond acceptors (Lipinski definition) is 11. The Morgan fingerprint density at radius 3 is 1.41 bits per heavy atom. The summed E-state index contributed by atoms with van der Waals surface area (Å²) in [5.74, 6) is -1.18. The fraction of sp³-hybridized carbons (Fsp3) is 0.289. The Bertz CT molecular complexity index is 1930. The number of aliphatic hydroxyl groups excluding tert-OH is 1. The van der Waals surface area contributed by atoms with Crippen LogP contribution in [0.4, 0.5) is 0 Å². The van der Waals surface area contributed by atoms with Crippen molar-refractivity contribution in [1.82, 2.24) is 0 Å². The van der Waals surface area contributed by atoms with Gasteiger partial charge in [-0.15, -0.1) is 0 Å². The van der Waals surface area contributed by atoms with Crippen LogP contribution in [0.25, 0.3) is 0 Å². The lowest BCUT2D eigenvalue weighted by molar-refractivity contribution is -0.208. The highest BCUT2D eigenvalue weighted by Crippen LogP contribution is 2.33. The molecule has 5 aromatic rings. The molecule has 2 aliphatic rings. The minimum Gasteiger partial charge on any atom is -0.459 e. The Morgan fingerprint density at radius 1 is 0.464 bits per heavy atom. The molecule has 290 valence electrons. The Kier molecular flexibility index (Phi) is 13.6. The van der Waals surface area contributed by atoms with Gasteiger partial charge in [0.1, 0.15) is 37.1 Å². The average molecular weight is 761 g/mol. The van der Waals surface area contributed by atoms with Gasteiger partial charge in [-0.05, 0) is 41.0 Å². The first-order chi connectivity index (χ1) is 27.5. The van der Waals surface area contributed by atoms with Crippen molar-refractivity contribution >= 4 is 11.9 Å². The van der Waals surface area contributed by atoms with Crippen LogP contribution in [0, 0.1) is 0 Å². The highest BCUT2D eigenvalue weighted by molar-refractivity contribution is 5.90. The molecule has 0 bridgehead atoms. The van der Waals surface area contributed by atoms with Gasteiger partial charge in [-0.2, -0.15) is 0 Å². The summed E-state index contributed by atoms with van der Waals surface area (Å²) in [4.78, 5) is 26.5. The second-order valence-corrected chi connectivity index (χ2v) is 13.4. The fourth-order valence-electron chi connectivity index (χ4n) is 6.57. The van der Waals surface area contributed by atoms with Gasteiger partial charge in [0.25, 0.3) is 0 Å². The van der Waals surface area contributed by atoms with Gasteiger partial charge in [-0.1, -0.05) is 127 Å². The summed E-state index contributed by atoms with van der Waals surface area (Å²) < 4.78 is 49.6. The van der Waals surface area contributed by atoms with E-state index in [4.69, 9.17) is 37.9 Å². The maximum atomic E-state index is 13.5. The SMILES string of the molecule is O=C(OC[C@H]1O[C@H](OC[C@H]2O[C@H](O)[C@@H](OCc3ccccc3)[C@@H]2OCc2ccccc2)[C@@H](OCc2ccccc2)[C@@H]1OC(=O)c1ccccc1)c1ccccc1. The average Bonchev–Trinajstić information content (AvgIpc) is 3.74. The zero-order chi connectivity index (χ0) is 38.5. The van der Waals surface area contributed by atoms with Crippen LogP contribution in [0.5, 0.6) is 0 Å². The van der Waals surface area contributed by atoms with Crippen molar-refractivity contribution < 1.29 is 52.6 Å². The Hall–Kier alpha value is -5.24. The topological polar surface area (TPSA) is 128 Å². The molecular weight excluding hydrogens is 716 g/mol. The molecule has 0 aromatic heterocycles. The molecule has 0 spiro atoms. The number of ether oxygens (including phenoxy) is 8. The first kappa shape index (κ1) is 39.0. The quantitative estimate of drug-likeness (QED) is 0.108. The molecule has 7 rings (SSSR count). The molecule has 0 saturated carbocycles. The van der Waals surface area contributed by atoms with Gasteiger partial charge in [0.05, 0.1) is 37.6 Å². The smallest absolute Gasteiger partial charge is 0.338 e. The standard InChI is InChI=1S/C45H44O11/c46-42(34-22-12-4-13-23-34)52-29-37-39(56-43(47)35-24-14-5-15-25-35)41(51-28-33-20-10-3-11-21-33)45(55-37)53-30-36-38(49-26-31-16-6-1-7-17-31)40(44(48)54-36)50-27-32-18-8-2-9-19-32/h1-25,36-41,44-45,48H,26-30H2/t36-,37-,38-,39-,40+,41+,44+,45+/m1/s1. The molecule has 0 aliphatic carbocycles. The van der Waals surface area contributed by atoms with E-state index < -0.39 is 61.1 Å². The molecule has 56 heavy (non-hydrogen) atoms. The second kappa shape index (κ2) is 19.6. The molecule has 2 aliphatic heterocycles. The molecule has 2 saturated heterocycles. The van der Waals surface area contributed by atoms with Gasteiger partial charge in [-0.3, -0.25) is 0 Å². The molecule has 0 radical (unpaired) electrons. The highest BCUT2D eigenvalue weighted by atomic mass is 16.7. The summed E-state index contributed by atoms with van der Waals surface area (Å²) in [5, 5.41) is 11.1. The van der Waals surface area contributed by atoms with E-state index in [0.29, 0.717) is 11.1 Å². The number of carbonyl (C=O) groups excluding carboxylic acids is 2. The molecule has 11 nitrogen and oxygen atoms in total. The summed E-state index contributed by atoms with van der Waals surface area (Å²) in [6.07, 6.45) is -7.80. The van der Waals surface area contributed by atoms with E-state index in [2.05, 4.69) is 0 Å². The predicted octanol–water partition coefficient (Wildman–Crippen LogP) is 6.28. The van der Waals surface area contributed by atoms with Crippen LogP contribution in [0.2, 0.25) is 0 Å². The van der Waals surface area contributed by atoms with Crippen molar-refractivity contribution in [3.63, 3.8) is 0 Å². The van der Waals surface area contributed by atoms with Gasteiger partial charge in [0.2, 0.25) is 0 Å². The molecule has 2 fully saturated rings. The van der Waals surface area contributed by atoms with Crippen LogP contribution >= 0.6 is 0 Å². The van der Waals surface area contributed by atoms with Gasteiger partial charge in [0, 0.05) is 0 Å². The number of carbonyl (C=O) groups is 2. The summed E-state index contributed by atoms with van der Waals surface area (Å²) in [6, 6.07) is 45.9. The number of rotatable bonds is 17. The Morgan fingerprint density at radius 2 is 0.893 bits per heavy atom. The van der Waals surface area contributed by atoms with Crippen LogP contribution in [0.1, 0.15) is 37.4 Å². The van der Waals surface area contributed by atoms with E-state index in [0.717, 1.165) is 16.7 Å². The fourth-order valence-corrected chi connectivity index (χ4v) is 6.57. The van der Waals surface area contributed by atoms with Crippen molar-refractivity contribution in [2.24, 2.45) is 0 Å². The summed E-state index contributed by atoms with van der Waals surface area (Å²) >= 11 is 0. The third-order valence-corrected chi connectivity index (χ3v) is 9.47. The molecule has 0 unspecified atom stereocenters. The van der Waals surface area contributed by atoms with Crippen LogP contribution in [-0.2, 0) is 57.7 Å². The zero-order valence-electron chi connectivity index (χ0n) is 30.6. The van der Waals surface area contributed by atoms with E-state index in [1.807, 2.05) is 91.0 Å². The Balaban J connectivity index is 1.11. The van der Waals surface area contributed by atoms with Gasteiger partial charge in [-0.25, -0.2) is 9.59 Å². The second-order valence-electron chi connectivity index (χ2n) is 13.4. The lowest BCUT2D eigenvalue weighted by atomic mass is 10.1. The number of aliphatic hydroxyl groups is 1. The van der Waals surface area contributed by atoms with Gasteiger partial charge in [0.15, 0.2) is 18.7 Å². The van der Waals surface area contributed by atoms with Crippen molar-refractivity contribution in [3.05, 3.63) is 179 Å². The number of esters is 2. The number of hydrogen-bond donors (Lipinski definition) is 1. The van der Waals surface area contributed by atoms with Crippen LogP contribution in [-0.4, -0.2) is 79.5 Å². The van der Waals surface area contributed by atoms with Crippen molar-refractivity contribution in [2.45, 2.75) is 69.0 Å². The highest BCUT2D eigenvalue weighted by Gasteiger charge is 2.51. The third kappa shape index (κ3) is 10.3. The summed E-state index contributed by atoms with van der Waals surface area (Å²) in [7, 11) is 0. The number of benzene rings is 5. The maximum absolute atomic E-state index is 13.5. The van der Waals surface area contributed by atoms with Crippen LogP contribution < -0.4 is 0 Å². The molecule has 11 heteroatoms. The summed E-state index contributed by atoms with van der Waals surface area (Å²) in [5.41, 5.74) is 3.41. The minimum atomic E-state index is -1.31. The van der Waals surface area contributed by atoms with Gasteiger partial charge >= 0.3 is 11.9 Å². The van der Waals surface area contributed by atoms with Crippen molar-refractivity contribution in [2.75, 3.05) is 13.2 Å². The van der Waals surface area contributed by atoms with Gasteiger partial charge < -0.3 is 43.0 Å². The molecular formula is C45H44O11. The lowest BCUT2D eigenvalue weighted by Gasteiger charge is -2.27. The lowest BCUT2D eigenvalue weighted by Crippen LogP contribution is -2.43. The molecule has 5 aromatic carbocycles. The normalized spacial score (nSPS) is 24.4. The predicted molar refractivity (Wildman–Crippen MR) is 203 cm³/mol. The summed E-state index contributed by atoms with van der Waals surface area (Å²) in [6.45, 7) is 0.222. The van der Waals surface area contributed by atoms with Crippen molar-refractivity contribution in [3.8, 4) is 0 Å². The van der Waals surface area contributed by atoms with E-state index in [1.54, 1.807) is 60.7 Å². The molecule has 8 atom stereocenters. The first-order valence-corrected chi connectivity index (χ1v) is 18.6. The Labute approximate surface area is 325 Å². The van der Waals surface area contributed by atoms with Crippen molar-refractivity contribution in [1.29, 1.82) is 0 Å². The molecule has 0 amide bonds. The van der Waals surface area contributed by atoms with E-state index >= 15 is 0 Å². The first-order valence-electron chi connectivity index (χ1n) is 18.6. The minimum absolute atomic E-state index is 0.118.